The Kier molecular flexibility index (Phi) is 3.43. The normalized spacial score (nSPS) is 31.5. The summed E-state index contributed by atoms with van der Waals surface area (Å²) in [7, 11) is 0. The maximum absolute atomic E-state index is 11.8. The van der Waals surface area contributed by atoms with E-state index in [2.05, 4.69) is 0 Å². The van der Waals surface area contributed by atoms with Crippen molar-refractivity contribution in [3.63, 3.8) is 0 Å². The van der Waals surface area contributed by atoms with Gasteiger partial charge in [0.2, 0.25) is 0 Å². The maximum atomic E-state index is 11.8. The Morgan fingerprint density at radius 3 is 2.53 bits per heavy atom. The van der Waals surface area contributed by atoms with Crippen LogP contribution in [0.3, 0.4) is 0 Å². The van der Waals surface area contributed by atoms with Crippen LogP contribution in [-0.2, 0) is 9.53 Å². The van der Waals surface area contributed by atoms with E-state index >= 15 is 0 Å². The summed E-state index contributed by atoms with van der Waals surface area (Å²) in [5, 5.41) is 0. The monoisotopic (exact) mass is 224 g/mol. The molecule has 0 aliphatic heterocycles. The van der Waals surface area contributed by atoms with Crippen LogP contribution in [0, 0.1) is 5.41 Å². The molecule has 0 amide bonds. The predicted octanol–water partition coefficient (Wildman–Crippen LogP) is 2.71. The van der Waals surface area contributed by atoms with Crippen LogP contribution in [-0.4, -0.2) is 24.7 Å². The highest BCUT2D eigenvalue weighted by atomic mass is 19.4. The average molecular weight is 224 g/mol. The van der Waals surface area contributed by atoms with Crippen LogP contribution in [0.1, 0.15) is 33.1 Å². The van der Waals surface area contributed by atoms with E-state index < -0.39 is 18.0 Å². The van der Waals surface area contributed by atoms with E-state index in [-0.39, 0.29) is 24.9 Å². The largest absolute Gasteiger partial charge is 0.391 e. The van der Waals surface area contributed by atoms with Gasteiger partial charge in [-0.05, 0) is 6.42 Å². The Morgan fingerprint density at radius 1 is 1.53 bits per heavy atom. The zero-order valence-corrected chi connectivity index (χ0v) is 8.86. The van der Waals surface area contributed by atoms with Crippen molar-refractivity contribution in [1.82, 2.24) is 0 Å². The minimum atomic E-state index is -4.18. The second kappa shape index (κ2) is 4.12. The van der Waals surface area contributed by atoms with Gasteiger partial charge in [0.25, 0.3) is 0 Å². The molecule has 5 heteroatoms. The van der Waals surface area contributed by atoms with Crippen molar-refractivity contribution in [3.05, 3.63) is 0 Å². The van der Waals surface area contributed by atoms with Gasteiger partial charge in [0.1, 0.15) is 5.78 Å². The molecule has 2 atom stereocenters. The van der Waals surface area contributed by atoms with Crippen LogP contribution in [0.15, 0.2) is 0 Å². The number of carbonyl (C=O) groups is 1. The topological polar surface area (TPSA) is 26.3 Å². The summed E-state index contributed by atoms with van der Waals surface area (Å²) < 4.78 is 40.6. The minimum Gasteiger partial charge on any atom is -0.376 e. The lowest BCUT2D eigenvalue weighted by Crippen LogP contribution is -2.53. The highest BCUT2D eigenvalue weighted by Gasteiger charge is 2.50. The molecular weight excluding hydrogens is 209 g/mol. The lowest BCUT2D eigenvalue weighted by atomic mass is 9.64. The SMILES string of the molecule is CCC1(C)C(=O)CC1OCCC(F)(F)F. The molecule has 2 nitrogen and oxygen atoms in total. The molecular formula is C10H15F3O2. The summed E-state index contributed by atoms with van der Waals surface area (Å²) in [5.74, 6) is 0.0852. The van der Waals surface area contributed by atoms with Crippen LogP contribution >= 0.6 is 0 Å². The zero-order valence-electron chi connectivity index (χ0n) is 8.86. The molecule has 0 heterocycles. The van der Waals surface area contributed by atoms with Gasteiger partial charge in [-0.25, -0.2) is 0 Å². The maximum Gasteiger partial charge on any atom is 0.391 e. The number of alkyl halides is 3. The van der Waals surface area contributed by atoms with Crippen molar-refractivity contribution < 1.29 is 22.7 Å². The van der Waals surface area contributed by atoms with Crippen LogP contribution in [0.2, 0.25) is 0 Å². The lowest BCUT2D eigenvalue weighted by molar-refractivity contribution is -0.175. The number of hydrogen-bond acceptors (Lipinski definition) is 2. The number of Topliss-reactive ketones (excluding diaryl/α,β-unsaturated/α-hetero) is 1. The molecule has 1 aliphatic carbocycles. The highest BCUT2D eigenvalue weighted by molar-refractivity contribution is 5.91. The minimum absolute atomic E-state index is 0.0852. The second-order valence-corrected chi connectivity index (χ2v) is 4.12. The fraction of sp³-hybridized carbons (Fsp3) is 0.900. The van der Waals surface area contributed by atoms with Gasteiger partial charge in [0.15, 0.2) is 0 Å². The van der Waals surface area contributed by atoms with Crippen molar-refractivity contribution in [2.45, 2.75) is 45.4 Å². The van der Waals surface area contributed by atoms with Crippen LogP contribution < -0.4 is 0 Å². The summed E-state index contributed by atoms with van der Waals surface area (Å²) in [6.07, 6.45) is -4.60. The summed E-state index contributed by atoms with van der Waals surface area (Å²) in [4.78, 5) is 11.3. The number of hydrogen-bond donors (Lipinski definition) is 0. The first-order chi connectivity index (χ1) is 6.79. The summed E-state index contributed by atoms with van der Waals surface area (Å²) >= 11 is 0. The number of ether oxygens (including phenoxy) is 1. The Bertz CT molecular complexity index is 250. The molecule has 1 saturated carbocycles. The summed E-state index contributed by atoms with van der Waals surface area (Å²) in [5.41, 5.74) is -0.564. The van der Waals surface area contributed by atoms with E-state index in [9.17, 15) is 18.0 Å². The van der Waals surface area contributed by atoms with Gasteiger partial charge in [-0.15, -0.1) is 0 Å². The van der Waals surface area contributed by atoms with Gasteiger partial charge >= 0.3 is 6.18 Å². The van der Waals surface area contributed by atoms with E-state index in [0.29, 0.717) is 6.42 Å². The van der Waals surface area contributed by atoms with Gasteiger partial charge in [-0.1, -0.05) is 13.8 Å². The Balaban J connectivity index is 2.33. The third kappa shape index (κ3) is 2.71. The molecule has 0 radical (unpaired) electrons. The van der Waals surface area contributed by atoms with Crippen molar-refractivity contribution in [3.8, 4) is 0 Å². The smallest absolute Gasteiger partial charge is 0.376 e. The van der Waals surface area contributed by atoms with E-state index in [1.807, 2.05) is 6.92 Å². The molecule has 88 valence electrons. The van der Waals surface area contributed by atoms with Gasteiger partial charge in [0.05, 0.1) is 24.5 Å². The molecule has 0 aromatic carbocycles. The van der Waals surface area contributed by atoms with Gasteiger partial charge in [-0.3, -0.25) is 4.79 Å². The molecule has 0 bridgehead atoms. The molecule has 0 saturated heterocycles. The van der Waals surface area contributed by atoms with Crippen LogP contribution in [0.5, 0.6) is 0 Å². The molecule has 0 aromatic heterocycles. The summed E-state index contributed by atoms with van der Waals surface area (Å²) in [6, 6.07) is 0. The van der Waals surface area contributed by atoms with Crippen LogP contribution in [0.4, 0.5) is 13.2 Å². The van der Waals surface area contributed by atoms with E-state index in [0.717, 1.165) is 0 Å². The molecule has 1 rings (SSSR count). The molecule has 15 heavy (non-hydrogen) atoms. The van der Waals surface area contributed by atoms with E-state index in [1.165, 1.54) is 0 Å². The van der Waals surface area contributed by atoms with Gasteiger partial charge in [0, 0.05) is 6.42 Å². The number of rotatable bonds is 4. The van der Waals surface area contributed by atoms with E-state index in [1.54, 1.807) is 6.92 Å². The predicted molar refractivity (Wildman–Crippen MR) is 48.4 cm³/mol. The highest BCUT2D eigenvalue weighted by Crippen LogP contribution is 2.42. The van der Waals surface area contributed by atoms with E-state index in [4.69, 9.17) is 4.74 Å². The first-order valence-corrected chi connectivity index (χ1v) is 5.01. The fourth-order valence-corrected chi connectivity index (χ4v) is 1.66. The second-order valence-electron chi connectivity index (χ2n) is 4.12. The average Bonchev–Trinajstić information content (AvgIpc) is 2.13. The van der Waals surface area contributed by atoms with Gasteiger partial charge < -0.3 is 4.74 Å². The van der Waals surface area contributed by atoms with Crippen molar-refractivity contribution in [2.75, 3.05) is 6.61 Å². The molecule has 1 aliphatic rings. The Hall–Kier alpha value is -0.580. The van der Waals surface area contributed by atoms with Crippen LogP contribution in [0.25, 0.3) is 0 Å². The third-order valence-electron chi connectivity index (χ3n) is 3.16. The number of halogens is 3. The van der Waals surface area contributed by atoms with Gasteiger partial charge in [-0.2, -0.15) is 13.2 Å². The molecule has 0 N–H and O–H groups in total. The number of ketones is 1. The fourth-order valence-electron chi connectivity index (χ4n) is 1.66. The van der Waals surface area contributed by atoms with Crippen molar-refractivity contribution in [1.29, 1.82) is 0 Å². The molecule has 0 aromatic rings. The Morgan fingerprint density at radius 2 is 2.13 bits per heavy atom. The van der Waals surface area contributed by atoms with Crippen molar-refractivity contribution >= 4 is 5.78 Å². The standard InChI is InChI=1S/C10H15F3O2/c1-3-9(2)7(14)6-8(9)15-5-4-10(11,12)13/h8H,3-6H2,1-2H3. The Labute approximate surface area is 86.8 Å². The molecule has 2 unspecified atom stereocenters. The first-order valence-electron chi connectivity index (χ1n) is 5.01. The zero-order chi connectivity index (χ0) is 11.7. The third-order valence-corrected chi connectivity index (χ3v) is 3.16. The first kappa shape index (κ1) is 12.5. The quantitative estimate of drug-likeness (QED) is 0.733. The van der Waals surface area contributed by atoms with Crippen molar-refractivity contribution in [2.24, 2.45) is 5.41 Å². The molecule has 0 spiro atoms. The number of carbonyl (C=O) groups excluding carboxylic acids is 1. The lowest BCUT2D eigenvalue weighted by Gasteiger charge is -2.44. The summed E-state index contributed by atoms with van der Waals surface area (Å²) in [6.45, 7) is 3.24. The molecule has 1 fully saturated rings.